The van der Waals surface area contributed by atoms with E-state index in [0.29, 0.717) is 18.7 Å². The van der Waals surface area contributed by atoms with Crippen molar-refractivity contribution in [2.75, 3.05) is 32.0 Å². The Balaban J connectivity index is 0.00000191. The van der Waals surface area contributed by atoms with Crippen molar-refractivity contribution in [2.24, 2.45) is 0 Å². The van der Waals surface area contributed by atoms with Gasteiger partial charge in [-0.2, -0.15) is 0 Å². The van der Waals surface area contributed by atoms with Gasteiger partial charge in [-0.25, -0.2) is 0 Å². The number of hydrogen-bond acceptors (Lipinski definition) is 4. The molecule has 0 amide bonds. The summed E-state index contributed by atoms with van der Waals surface area (Å²) in [6.45, 7) is 9.31. The lowest BCUT2D eigenvalue weighted by Gasteiger charge is -2.20. The van der Waals surface area contributed by atoms with E-state index in [1.54, 1.807) is 6.07 Å². The molecule has 0 aliphatic heterocycles. The molecular weight excluding hydrogens is 332 g/mol. The van der Waals surface area contributed by atoms with Crippen molar-refractivity contribution < 1.29 is 9.53 Å². The van der Waals surface area contributed by atoms with Crippen LogP contribution in [-0.4, -0.2) is 37.4 Å². The highest BCUT2D eigenvalue weighted by Crippen LogP contribution is 2.22. The van der Waals surface area contributed by atoms with Crippen LogP contribution in [0.25, 0.3) is 0 Å². The van der Waals surface area contributed by atoms with Crippen molar-refractivity contribution in [3.63, 3.8) is 0 Å². The number of rotatable bonds is 9. The summed E-state index contributed by atoms with van der Waals surface area (Å²) in [4.78, 5) is 12.6. The lowest BCUT2D eigenvalue weighted by Crippen LogP contribution is -2.30. The minimum absolute atomic E-state index is 0.573. The number of nitrogens with two attached hydrogens (primary N) is 1. The van der Waals surface area contributed by atoms with E-state index in [1.165, 1.54) is 0 Å². The van der Waals surface area contributed by atoms with Crippen molar-refractivity contribution in [3.8, 4) is 5.75 Å². The number of carbonyl (C=O) groups is 1. The standard InChI is InChI=1S/C14H21BrN2O2.C2H6/c1-2-4-17(5-3-7-18)6-8-19-14-10-12(15)9-13(16)11-14;1-2/h7,9-11H,2-6,8,16H2,1H3;1-2H3. The average molecular weight is 359 g/mol. The molecule has 1 aromatic carbocycles. The Morgan fingerprint density at radius 2 is 1.95 bits per heavy atom. The molecule has 120 valence electrons. The lowest BCUT2D eigenvalue weighted by molar-refractivity contribution is -0.108. The van der Waals surface area contributed by atoms with Gasteiger partial charge in [0.25, 0.3) is 0 Å². The SMILES string of the molecule is CC.CCCN(CCC=O)CCOc1cc(N)cc(Br)c1. The summed E-state index contributed by atoms with van der Waals surface area (Å²) in [5.74, 6) is 0.763. The van der Waals surface area contributed by atoms with Gasteiger partial charge in [0.2, 0.25) is 0 Å². The minimum Gasteiger partial charge on any atom is -0.492 e. The Hall–Kier alpha value is -1.07. The van der Waals surface area contributed by atoms with E-state index in [0.717, 1.165) is 42.6 Å². The Kier molecular flexibility index (Phi) is 12.0. The fourth-order valence-electron chi connectivity index (χ4n) is 1.85. The zero-order chi connectivity index (χ0) is 16.1. The van der Waals surface area contributed by atoms with E-state index >= 15 is 0 Å². The summed E-state index contributed by atoms with van der Waals surface area (Å²) in [6.07, 6.45) is 2.60. The summed E-state index contributed by atoms with van der Waals surface area (Å²) < 4.78 is 6.60. The van der Waals surface area contributed by atoms with Crippen molar-refractivity contribution >= 4 is 27.9 Å². The molecule has 0 saturated heterocycles. The van der Waals surface area contributed by atoms with Gasteiger partial charge in [-0.15, -0.1) is 0 Å². The van der Waals surface area contributed by atoms with Crippen LogP contribution in [0.4, 0.5) is 5.69 Å². The average Bonchev–Trinajstić information content (AvgIpc) is 2.46. The van der Waals surface area contributed by atoms with Gasteiger partial charge in [-0.1, -0.05) is 36.7 Å². The first-order valence-corrected chi connectivity index (χ1v) is 8.30. The van der Waals surface area contributed by atoms with E-state index in [2.05, 4.69) is 27.8 Å². The second-order valence-electron chi connectivity index (χ2n) is 4.37. The Morgan fingerprint density at radius 3 is 2.52 bits per heavy atom. The van der Waals surface area contributed by atoms with Gasteiger partial charge in [-0.05, 0) is 25.1 Å². The first-order chi connectivity index (χ1) is 10.2. The van der Waals surface area contributed by atoms with Crippen LogP contribution < -0.4 is 10.5 Å². The van der Waals surface area contributed by atoms with Crippen LogP contribution in [0, 0.1) is 0 Å². The Morgan fingerprint density at radius 1 is 1.24 bits per heavy atom. The molecule has 0 aliphatic rings. The summed E-state index contributed by atoms with van der Waals surface area (Å²) >= 11 is 3.38. The normalized spacial score (nSPS) is 9.95. The zero-order valence-electron chi connectivity index (χ0n) is 13.3. The number of nitrogen functional groups attached to an aromatic ring is 1. The fraction of sp³-hybridized carbons (Fsp3) is 0.562. The third-order valence-corrected chi connectivity index (χ3v) is 3.13. The number of hydrogen-bond donors (Lipinski definition) is 1. The number of aldehydes is 1. The highest BCUT2D eigenvalue weighted by molar-refractivity contribution is 9.10. The van der Waals surface area contributed by atoms with Gasteiger partial charge in [-0.3, -0.25) is 4.90 Å². The first kappa shape index (κ1) is 19.9. The van der Waals surface area contributed by atoms with Crippen LogP contribution in [0.15, 0.2) is 22.7 Å². The van der Waals surface area contributed by atoms with E-state index in [4.69, 9.17) is 10.5 Å². The van der Waals surface area contributed by atoms with E-state index in [-0.39, 0.29) is 0 Å². The lowest BCUT2D eigenvalue weighted by atomic mass is 10.3. The number of halogens is 1. The predicted molar refractivity (Wildman–Crippen MR) is 92.8 cm³/mol. The third-order valence-electron chi connectivity index (χ3n) is 2.67. The Bertz CT molecular complexity index is 380. The molecule has 5 heteroatoms. The molecule has 0 aromatic heterocycles. The quantitative estimate of drug-likeness (QED) is 0.539. The molecule has 1 aromatic rings. The predicted octanol–water partition coefficient (Wildman–Crippen LogP) is 3.74. The smallest absolute Gasteiger partial charge is 0.122 e. The summed E-state index contributed by atoms with van der Waals surface area (Å²) in [5, 5.41) is 0. The van der Waals surface area contributed by atoms with Gasteiger partial charge in [0.15, 0.2) is 0 Å². The second kappa shape index (κ2) is 12.7. The maximum Gasteiger partial charge on any atom is 0.122 e. The number of benzene rings is 1. The molecule has 0 radical (unpaired) electrons. The third kappa shape index (κ3) is 9.47. The van der Waals surface area contributed by atoms with Crippen LogP contribution in [0.2, 0.25) is 0 Å². The number of nitrogens with zero attached hydrogens (tertiary/aromatic N) is 1. The topological polar surface area (TPSA) is 55.6 Å². The molecule has 0 atom stereocenters. The van der Waals surface area contributed by atoms with Gasteiger partial charge in [0.05, 0.1) is 0 Å². The second-order valence-corrected chi connectivity index (χ2v) is 5.28. The molecule has 0 spiro atoms. The van der Waals surface area contributed by atoms with E-state index < -0.39 is 0 Å². The highest BCUT2D eigenvalue weighted by atomic mass is 79.9. The molecule has 0 saturated carbocycles. The highest BCUT2D eigenvalue weighted by Gasteiger charge is 2.04. The number of ether oxygens (including phenoxy) is 1. The molecule has 0 heterocycles. The molecular formula is C16H27BrN2O2. The monoisotopic (exact) mass is 358 g/mol. The molecule has 0 unspecified atom stereocenters. The van der Waals surface area contributed by atoms with E-state index in [1.807, 2.05) is 26.0 Å². The summed E-state index contributed by atoms with van der Waals surface area (Å²) in [7, 11) is 0. The molecule has 0 aliphatic carbocycles. The van der Waals surface area contributed by atoms with Crippen molar-refractivity contribution in [1.82, 2.24) is 4.90 Å². The Labute approximate surface area is 136 Å². The molecule has 1 rings (SSSR count). The van der Waals surface area contributed by atoms with Crippen LogP contribution in [-0.2, 0) is 4.79 Å². The first-order valence-electron chi connectivity index (χ1n) is 7.50. The zero-order valence-corrected chi connectivity index (χ0v) is 14.9. The van der Waals surface area contributed by atoms with Crippen molar-refractivity contribution in [3.05, 3.63) is 22.7 Å². The molecule has 21 heavy (non-hydrogen) atoms. The summed E-state index contributed by atoms with van der Waals surface area (Å²) in [6, 6.07) is 5.53. The van der Waals surface area contributed by atoms with E-state index in [9.17, 15) is 4.79 Å². The maximum absolute atomic E-state index is 10.4. The van der Waals surface area contributed by atoms with Crippen molar-refractivity contribution in [1.29, 1.82) is 0 Å². The fourth-order valence-corrected chi connectivity index (χ4v) is 2.34. The number of anilines is 1. The van der Waals surface area contributed by atoms with Crippen LogP contribution in [0.1, 0.15) is 33.6 Å². The van der Waals surface area contributed by atoms with Crippen LogP contribution in [0.5, 0.6) is 5.75 Å². The number of carbonyl (C=O) groups excluding carboxylic acids is 1. The van der Waals surface area contributed by atoms with Crippen LogP contribution in [0.3, 0.4) is 0 Å². The molecule has 4 nitrogen and oxygen atoms in total. The van der Waals surface area contributed by atoms with Gasteiger partial charge in [0.1, 0.15) is 18.6 Å². The van der Waals surface area contributed by atoms with Gasteiger partial charge < -0.3 is 15.3 Å². The molecule has 0 fully saturated rings. The molecule has 0 bridgehead atoms. The van der Waals surface area contributed by atoms with Gasteiger partial charge >= 0.3 is 0 Å². The van der Waals surface area contributed by atoms with Crippen LogP contribution >= 0.6 is 15.9 Å². The molecule has 2 N–H and O–H groups in total. The van der Waals surface area contributed by atoms with Gasteiger partial charge in [0, 0.05) is 35.7 Å². The largest absolute Gasteiger partial charge is 0.492 e. The summed E-state index contributed by atoms with van der Waals surface area (Å²) in [5.41, 5.74) is 6.42. The maximum atomic E-state index is 10.4. The van der Waals surface area contributed by atoms with Crippen molar-refractivity contribution in [2.45, 2.75) is 33.6 Å². The minimum atomic E-state index is 0.573.